The van der Waals surface area contributed by atoms with Crippen molar-refractivity contribution in [3.05, 3.63) is 47.7 Å². The monoisotopic (exact) mass is 463 g/mol. The zero-order valence-corrected chi connectivity index (χ0v) is 17.3. The molecule has 0 bridgehead atoms. The van der Waals surface area contributed by atoms with Crippen LogP contribution in [0.25, 0.3) is 0 Å². The van der Waals surface area contributed by atoms with E-state index in [1.807, 2.05) is 0 Å². The van der Waals surface area contributed by atoms with Crippen molar-refractivity contribution in [2.45, 2.75) is 17.9 Å². The summed E-state index contributed by atoms with van der Waals surface area (Å²) in [6, 6.07) is 4.07. The van der Waals surface area contributed by atoms with E-state index in [2.05, 4.69) is 20.3 Å². The van der Waals surface area contributed by atoms with Gasteiger partial charge in [0, 0.05) is 23.6 Å². The van der Waals surface area contributed by atoms with Gasteiger partial charge >= 0.3 is 0 Å². The number of alkyl halides is 2. The predicted molar refractivity (Wildman–Crippen MR) is 108 cm³/mol. The number of anilines is 1. The number of nitrogens with one attached hydrogen (secondary N) is 1. The number of aromatic nitrogens is 2. The lowest BCUT2D eigenvalue weighted by atomic mass is 9.80. The van der Waals surface area contributed by atoms with Gasteiger partial charge in [-0.25, -0.2) is 28.1 Å². The smallest absolute Gasteiger partial charge is 0.282 e. The molecule has 1 aromatic carbocycles. The van der Waals surface area contributed by atoms with E-state index in [0.717, 1.165) is 0 Å². The second-order valence-corrected chi connectivity index (χ2v) is 8.26. The quantitative estimate of drug-likeness (QED) is 0.673. The summed E-state index contributed by atoms with van der Waals surface area (Å²) >= 11 is 0. The summed E-state index contributed by atoms with van der Waals surface area (Å²) in [5, 5.41) is 2.64. The van der Waals surface area contributed by atoms with E-state index < -0.39 is 29.1 Å². The van der Waals surface area contributed by atoms with E-state index in [1.54, 1.807) is 0 Å². The van der Waals surface area contributed by atoms with Crippen molar-refractivity contribution >= 4 is 17.6 Å². The van der Waals surface area contributed by atoms with Crippen molar-refractivity contribution in [1.29, 1.82) is 0 Å². The maximum absolute atomic E-state index is 14.8. The largest absolute Gasteiger partial charge is 0.476 e. The normalized spacial score (nSPS) is 27.2. The Morgan fingerprint density at radius 1 is 1.27 bits per heavy atom. The zero-order valence-electron chi connectivity index (χ0n) is 17.3. The third-order valence-corrected chi connectivity index (χ3v) is 6.00. The number of hydrogen-bond donors (Lipinski definition) is 2. The standard InChI is InChI=1S/C21H20F3N5O4/c22-15-2-1-13(3-14(15)20-10-31-7-12(20)9-33-19(25)29-20)28-18(30)16-5-27-17(6-26-16)32-8-11-4-21(11,23)24/h1-3,5-6,11-12H,4,7-10H2,(H2,25,29)(H,28,30)/t11?,12?,20-/m0/s1. The molecule has 3 atom stereocenters. The van der Waals surface area contributed by atoms with Crippen LogP contribution in [0.4, 0.5) is 18.9 Å². The van der Waals surface area contributed by atoms with Crippen molar-refractivity contribution in [3.63, 3.8) is 0 Å². The lowest BCUT2D eigenvalue weighted by molar-refractivity contribution is 0.0849. The van der Waals surface area contributed by atoms with Gasteiger partial charge in [0.25, 0.3) is 17.9 Å². The molecule has 174 valence electrons. The summed E-state index contributed by atoms with van der Waals surface area (Å²) in [4.78, 5) is 24.8. The number of halogens is 3. The van der Waals surface area contributed by atoms with Crippen LogP contribution in [0.5, 0.6) is 5.88 Å². The van der Waals surface area contributed by atoms with Gasteiger partial charge in [-0.3, -0.25) is 4.79 Å². The Balaban J connectivity index is 1.30. The van der Waals surface area contributed by atoms with Crippen molar-refractivity contribution in [2.75, 3.05) is 31.7 Å². The number of nitrogens with zero attached hydrogens (tertiary/aromatic N) is 3. The number of nitrogens with two attached hydrogens (primary N) is 1. The first-order chi connectivity index (χ1) is 15.8. The van der Waals surface area contributed by atoms with Crippen LogP contribution >= 0.6 is 0 Å². The molecule has 3 heterocycles. The maximum atomic E-state index is 14.8. The molecule has 33 heavy (non-hydrogen) atoms. The van der Waals surface area contributed by atoms with Gasteiger partial charge in [-0.1, -0.05) is 0 Å². The summed E-state index contributed by atoms with van der Waals surface area (Å²) in [7, 11) is 0. The Hall–Kier alpha value is -3.41. The minimum atomic E-state index is -2.69. The van der Waals surface area contributed by atoms with Gasteiger partial charge < -0.3 is 25.3 Å². The molecule has 9 nitrogen and oxygen atoms in total. The van der Waals surface area contributed by atoms with Crippen LogP contribution in [0, 0.1) is 17.7 Å². The summed E-state index contributed by atoms with van der Waals surface area (Å²) in [6.07, 6.45) is 2.15. The fourth-order valence-electron chi connectivity index (χ4n) is 3.97. The van der Waals surface area contributed by atoms with E-state index in [9.17, 15) is 18.0 Å². The van der Waals surface area contributed by atoms with Crippen LogP contribution in [-0.2, 0) is 15.0 Å². The number of ether oxygens (including phenoxy) is 3. The highest BCUT2D eigenvalue weighted by Crippen LogP contribution is 2.48. The maximum Gasteiger partial charge on any atom is 0.282 e. The van der Waals surface area contributed by atoms with E-state index >= 15 is 0 Å². The number of rotatable bonds is 6. The summed E-state index contributed by atoms with van der Waals surface area (Å²) < 4.78 is 56.6. The van der Waals surface area contributed by atoms with Crippen molar-refractivity contribution in [1.82, 2.24) is 9.97 Å². The number of fused-ring (bicyclic) bond motifs is 1. The average Bonchev–Trinajstić information content (AvgIpc) is 3.19. The van der Waals surface area contributed by atoms with Crippen LogP contribution in [0.2, 0.25) is 0 Å². The molecule has 1 saturated heterocycles. The van der Waals surface area contributed by atoms with E-state index in [-0.39, 0.29) is 55.3 Å². The van der Waals surface area contributed by atoms with E-state index in [4.69, 9.17) is 19.9 Å². The molecule has 1 saturated carbocycles. The van der Waals surface area contributed by atoms with E-state index in [0.29, 0.717) is 12.3 Å². The van der Waals surface area contributed by atoms with Gasteiger partial charge in [0.15, 0.2) is 0 Å². The molecule has 2 fully saturated rings. The Bertz CT molecular complexity index is 1110. The Kier molecular flexibility index (Phi) is 5.11. The molecular formula is C21H20F3N5O4. The molecule has 12 heteroatoms. The summed E-state index contributed by atoms with van der Waals surface area (Å²) in [5.41, 5.74) is 5.23. The molecule has 0 radical (unpaired) electrons. The van der Waals surface area contributed by atoms with Gasteiger partial charge in [0.1, 0.15) is 17.1 Å². The molecule has 5 rings (SSSR count). The van der Waals surface area contributed by atoms with E-state index in [1.165, 1.54) is 30.6 Å². The molecule has 2 aromatic rings. The second-order valence-electron chi connectivity index (χ2n) is 8.26. The molecule has 1 aliphatic carbocycles. The molecule has 3 N–H and O–H groups in total. The number of carbonyl (C=O) groups is 1. The second kappa shape index (κ2) is 7.87. The predicted octanol–water partition coefficient (Wildman–Crippen LogP) is 2.09. The highest BCUT2D eigenvalue weighted by molar-refractivity contribution is 6.02. The van der Waals surface area contributed by atoms with Gasteiger partial charge in [0.05, 0.1) is 44.7 Å². The number of benzene rings is 1. The Morgan fingerprint density at radius 3 is 2.82 bits per heavy atom. The van der Waals surface area contributed by atoms with Gasteiger partial charge in [-0.05, 0) is 18.2 Å². The average molecular weight is 463 g/mol. The number of amidine groups is 1. The van der Waals surface area contributed by atoms with Crippen LogP contribution in [-0.4, -0.2) is 54.2 Å². The molecular weight excluding hydrogens is 443 g/mol. The molecule has 1 amide bonds. The molecule has 0 spiro atoms. The fourth-order valence-corrected chi connectivity index (χ4v) is 3.97. The SMILES string of the molecule is NC1=N[C@@]2(c3cc(NC(=O)c4cnc(OCC5CC5(F)F)cn4)ccc3F)COCC2CO1. The van der Waals surface area contributed by atoms with Gasteiger partial charge in [-0.15, -0.1) is 0 Å². The first kappa shape index (κ1) is 21.4. The van der Waals surface area contributed by atoms with Crippen molar-refractivity contribution < 1.29 is 32.2 Å². The highest BCUT2D eigenvalue weighted by atomic mass is 19.3. The summed E-state index contributed by atoms with van der Waals surface area (Å²) in [6.45, 7) is 0.550. The lowest BCUT2D eigenvalue weighted by Gasteiger charge is -2.34. The minimum Gasteiger partial charge on any atom is -0.476 e. The Labute approximate surface area is 186 Å². The number of hydrogen-bond acceptors (Lipinski definition) is 8. The van der Waals surface area contributed by atoms with Crippen molar-refractivity contribution in [3.8, 4) is 5.88 Å². The third-order valence-electron chi connectivity index (χ3n) is 6.00. The molecule has 2 unspecified atom stereocenters. The highest BCUT2D eigenvalue weighted by Gasteiger charge is 2.57. The molecule has 1 aromatic heterocycles. The van der Waals surface area contributed by atoms with Crippen LogP contribution in [0.3, 0.4) is 0 Å². The van der Waals surface area contributed by atoms with Gasteiger partial charge in [-0.2, -0.15) is 0 Å². The fraction of sp³-hybridized carbons (Fsp3) is 0.429. The summed E-state index contributed by atoms with van der Waals surface area (Å²) in [5.74, 6) is -4.79. The van der Waals surface area contributed by atoms with Crippen LogP contribution in [0.15, 0.2) is 35.6 Å². The van der Waals surface area contributed by atoms with Crippen molar-refractivity contribution in [2.24, 2.45) is 22.6 Å². The first-order valence-corrected chi connectivity index (χ1v) is 10.3. The molecule has 3 aliphatic rings. The lowest BCUT2D eigenvalue weighted by Crippen LogP contribution is -2.43. The number of amides is 1. The Morgan fingerprint density at radius 2 is 2.09 bits per heavy atom. The van der Waals surface area contributed by atoms with Gasteiger partial charge in [0.2, 0.25) is 5.88 Å². The van der Waals surface area contributed by atoms with Crippen LogP contribution in [0.1, 0.15) is 22.5 Å². The topological polar surface area (TPSA) is 121 Å². The minimum absolute atomic E-state index is 0.0291. The third kappa shape index (κ3) is 4.06. The first-order valence-electron chi connectivity index (χ1n) is 10.3. The van der Waals surface area contributed by atoms with Crippen LogP contribution < -0.4 is 15.8 Å². The molecule has 2 aliphatic heterocycles. The number of carbonyl (C=O) groups excluding carboxylic acids is 1. The number of aliphatic imine (C=N–C) groups is 1. The zero-order chi connectivity index (χ0) is 23.2.